The maximum Gasteiger partial charge on any atom is 0.324 e. The Balaban J connectivity index is 1.91. The molecule has 4 N–H and O–H groups in total. The molecule has 0 aromatic heterocycles. The van der Waals surface area contributed by atoms with Gasteiger partial charge in [0.1, 0.15) is 5.82 Å². The summed E-state index contributed by atoms with van der Waals surface area (Å²) in [6, 6.07) is 3.28. The number of halogens is 1. The Bertz CT molecular complexity index is 560. The summed E-state index contributed by atoms with van der Waals surface area (Å²) in [4.78, 5) is 35.1. The van der Waals surface area contributed by atoms with E-state index in [-0.39, 0.29) is 25.2 Å². The second-order valence-electron chi connectivity index (χ2n) is 4.24. The zero-order valence-electron chi connectivity index (χ0n) is 10.5. The highest BCUT2D eigenvalue weighted by molar-refractivity contribution is 6.02. The standard InChI is InChI=1S/C12H13FN4O3/c13-8-2-1-7(14)5-9(8)16-10(18)3-4-17-11(19)6-15-12(17)20/h1-2,5H,3-4,6,14H2,(H,15,20)(H,16,18). The summed E-state index contributed by atoms with van der Waals surface area (Å²) in [5, 5.41) is 4.68. The number of carbonyl (C=O) groups excluding carboxylic acids is 3. The molecule has 0 saturated carbocycles. The number of nitrogen functional groups attached to an aromatic ring is 1. The van der Waals surface area contributed by atoms with Crippen LogP contribution in [0.25, 0.3) is 0 Å². The van der Waals surface area contributed by atoms with E-state index in [1.54, 1.807) is 0 Å². The third kappa shape index (κ3) is 3.02. The third-order valence-electron chi connectivity index (χ3n) is 2.76. The number of amides is 4. The highest BCUT2D eigenvalue weighted by Gasteiger charge is 2.28. The average Bonchev–Trinajstić information content (AvgIpc) is 2.71. The lowest BCUT2D eigenvalue weighted by Gasteiger charge is -2.12. The largest absolute Gasteiger partial charge is 0.399 e. The fourth-order valence-corrected chi connectivity index (χ4v) is 1.75. The van der Waals surface area contributed by atoms with Gasteiger partial charge in [0.05, 0.1) is 12.2 Å². The minimum atomic E-state index is -0.609. The quantitative estimate of drug-likeness (QED) is 0.544. The van der Waals surface area contributed by atoms with Gasteiger partial charge in [-0.25, -0.2) is 9.18 Å². The van der Waals surface area contributed by atoms with Gasteiger partial charge in [0.2, 0.25) is 11.8 Å². The fraction of sp³-hybridized carbons (Fsp3) is 0.250. The Morgan fingerprint density at radius 2 is 2.20 bits per heavy atom. The monoisotopic (exact) mass is 280 g/mol. The minimum absolute atomic E-state index is 0.0350. The minimum Gasteiger partial charge on any atom is -0.399 e. The molecule has 1 fully saturated rings. The number of hydrogen-bond acceptors (Lipinski definition) is 4. The van der Waals surface area contributed by atoms with E-state index < -0.39 is 23.7 Å². The maximum absolute atomic E-state index is 13.4. The fourth-order valence-electron chi connectivity index (χ4n) is 1.75. The van der Waals surface area contributed by atoms with E-state index in [1.165, 1.54) is 12.1 Å². The molecular formula is C12H13FN4O3. The molecule has 1 aliphatic rings. The van der Waals surface area contributed by atoms with Gasteiger partial charge >= 0.3 is 6.03 Å². The molecule has 0 spiro atoms. The van der Waals surface area contributed by atoms with Gasteiger partial charge in [0, 0.05) is 18.7 Å². The van der Waals surface area contributed by atoms with Crippen LogP contribution in [-0.4, -0.2) is 35.8 Å². The molecule has 1 aromatic rings. The number of nitrogens with zero attached hydrogens (tertiary/aromatic N) is 1. The van der Waals surface area contributed by atoms with E-state index in [1.807, 2.05) is 0 Å². The first kappa shape index (κ1) is 13.8. The van der Waals surface area contributed by atoms with Crippen molar-refractivity contribution < 1.29 is 18.8 Å². The van der Waals surface area contributed by atoms with Crippen LogP contribution in [0.1, 0.15) is 6.42 Å². The number of urea groups is 1. The van der Waals surface area contributed by atoms with E-state index in [9.17, 15) is 18.8 Å². The molecule has 1 aliphatic heterocycles. The molecule has 0 atom stereocenters. The topological polar surface area (TPSA) is 105 Å². The maximum atomic E-state index is 13.4. The second-order valence-corrected chi connectivity index (χ2v) is 4.24. The summed E-state index contributed by atoms with van der Waals surface area (Å²) in [5.74, 6) is -1.51. The van der Waals surface area contributed by atoms with Crippen LogP contribution in [0.15, 0.2) is 18.2 Å². The van der Waals surface area contributed by atoms with E-state index >= 15 is 0 Å². The van der Waals surface area contributed by atoms with E-state index in [2.05, 4.69) is 10.6 Å². The third-order valence-corrected chi connectivity index (χ3v) is 2.76. The van der Waals surface area contributed by atoms with Crippen LogP contribution in [0.5, 0.6) is 0 Å². The SMILES string of the molecule is Nc1ccc(F)c(NC(=O)CCN2C(=O)CNC2=O)c1. The van der Waals surface area contributed by atoms with E-state index in [0.29, 0.717) is 5.69 Å². The zero-order chi connectivity index (χ0) is 14.7. The molecule has 20 heavy (non-hydrogen) atoms. The molecule has 1 aromatic carbocycles. The lowest BCUT2D eigenvalue weighted by molar-refractivity contribution is -0.125. The Morgan fingerprint density at radius 3 is 2.85 bits per heavy atom. The second kappa shape index (κ2) is 5.55. The van der Waals surface area contributed by atoms with Gasteiger partial charge < -0.3 is 16.4 Å². The van der Waals surface area contributed by atoms with Gasteiger partial charge in [-0.3, -0.25) is 14.5 Å². The number of rotatable bonds is 4. The molecule has 0 aliphatic carbocycles. The number of nitrogens with one attached hydrogen (secondary N) is 2. The van der Waals surface area contributed by atoms with Crippen LogP contribution in [0.2, 0.25) is 0 Å². The van der Waals surface area contributed by atoms with Gasteiger partial charge in [-0.15, -0.1) is 0 Å². The van der Waals surface area contributed by atoms with Gasteiger partial charge in [0.15, 0.2) is 0 Å². The van der Waals surface area contributed by atoms with Crippen LogP contribution in [0.3, 0.4) is 0 Å². The normalized spacial score (nSPS) is 14.3. The average molecular weight is 280 g/mol. The zero-order valence-corrected chi connectivity index (χ0v) is 10.5. The van der Waals surface area contributed by atoms with Crippen molar-refractivity contribution in [3.8, 4) is 0 Å². The number of anilines is 2. The summed E-state index contributed by atoms with van der Waals surface area (Å²) in [6.07, 6.45) is -0.118. The van der Waals surface area contributed by atoms with Crippen LogP contribution in [-0.2, 0) is 9.59 Å². The molecule has 2 rings (SSSR count). The Kier molecular flexibility index (Phi) is 3.83. The van der Waals surface area contributed by atoms with Crippen molar-refractivity contribution in [2.75, 3.05) is 24.1 Å². The molecule has 0 bridgehead atoms. The molecule has 1 saturated heterocycles. The smallest absolute Gasteiger partial charge is 0.324 e. The van der Waals surface area contributed by atoms with Crippen molar-refractivity contribution in [2.24, 2.45) is 0 Å². The summed E-state index contributed by atoms with van der Waals surface area (Å²) >= 11 is 0. The molecule has 7 nitrogen and oxygen atoms in total. The summed E-state index contributed by atoms with van der Waals surface area (Å²) in [6.45, 7) is -0.120. The number of benzene rings is 1. The van der Waals surface area contributed by atoms with Crippen molar-refractivity contribution >= 4 is 29.2 Å². The Labute approximate surface area is 113 Å². The first-order valence-electron chi connectivity index (χ1n) is 5.90. The predicted octanol–water partition coefficient (Wildman–Crippen LogP) is 0.288. The molecule has 0 radical (unpaired) electrons. The molecule has 1 heterocycles. The van der Waals surface area contributed by atoms with Crippen LogP contribution < -0.4 is 16.4 Å². The Hall–Kier alpha value is -2.64. The summed E-state index contributed by atoms with van der Waals surface area (Å²) in [5.41, 5.74) is 5.77. The predicted molar refractivity (Wildman–Crippen MR) is 69.2 cm³/mol. The molecule has 106 valence electrons. The molecule has 4 amide bonds. The van der Waals surface area contributed by atoms with Crippen molar-refractivity contribution in [1.82, 2.24) is 10.2 Å². The molecular weight excluding hydrogens is 267 g/mol. The van der Waals surface area contributed by atoms with Crippen LogP contribution in [0.4, 0.5) is 20.6 Å². The number of imide groups is 1. The highest BCUT2D eigenvalue weighted by atomic mass is 19.1. The van der Waals surface area contributed by atoms with Crippen LogP contribution >= 0.6 is 0 Å². The number of hydrogen-bond donors (Lipinski definition) is 3. The van der Waals surface area contributed by atoms with Gasteiger partial charge in [0.25, 0.3) is 0 Å². The van der Waals surface area contributed by atoms with Gasteiger partial charge in [-0.05, 0) is 18.2 Å². The first-order chi connectivity index (χ1) is 9.47. The van der Waals surface area contributed by atoms with Crippen molar-refractivity contribution in [2.45, 2.75) is 6.42 Å². The lowest BCUT2D eigenvalue weighted by atomic mass is 10.2. The van der Waals surface area contributed by atoms with Crippen molar-refractivity contribution in [3.63, 3.8) is 0 Å². The Morgan fingerprint density at radius 1 is 1.45 bits per heavy atom. The van der Waals surface area contributed by atoms with E-state index in [0.717, 1.165) is 11.0 Å². The van der Waals surface area contributed by atoms with Crippen molar-refractivity contribution in [1.29, 1.82) is 0 Å². The van der Waals surface area contributed by atoms with E-state index in [4.69, 9.17) is 5.73 Å². The number of carbonyl (C=O) groups is 3. The van der Waals surface area contributed by atoms with Gasteiger partial charge in [-0.2, -0.15) is 0 Å². The van der Waals surface area contributed by atoms with Crippen molar-refractivity contribution in [3.05, 3.63) is 24.0 Å². The number of nitrogens with two attached hydrogens (primary N) is 1. The molecule has 8 heteroatoms. The lowest BCUT2D eigenvalue weighted by Crippen LogP contribution is -2.33. The summed E-state index contributed by atoms with van der Waals surface area (Å²) < 4.78 is 13.4. The van der Waals surface area contributed by atoms with Gasteiger partial charge in [-0.1, -0.05) is 0 Å². The summed E-state index contributed by atoms with van der Waals surface area (Å²) in [7, 11) is 0. The molecule has 0 unspecified atom stereocenters. The van der Waals surface area contributed by atoms with Crippen LogP contribution in [0, 0.1) is 5.82 Å². The highest BCUT2D eigenvalue weighted by Crippen LogP contribution is 2.17. The first-order valence-corrected chi connectivity index (χ1v) is 5.90.